The molecular weight excluding hydrogens is 302 g/mol. The molecule has 17 heavy (non-hydrogen) atoms. The summed E-state index contributed by atoms with van der Waals surface area (Å²) < 4.78 is 0.904. The summed E-state index contributed by atoms with van der Waals surface area (Å²) in [7, 11) is 0. The van der Waals surface area contributed by atoms with Crippen molar-refractivity contribution in [2.24, 2.45) is 0 Å². The number of hydrogen-bond acceptors (Lipinski definition) is 2. The molecule has 0 saturated heterocycles. The summed E-state index contributed by atoms with van der Waals surface area (Å²) >= 11 is 9.35. The number of benzene rings is 1. The van der Waals surface area contributed by atoms with Gasteiger partial charge < -0.3 is 10.4 Å². The van der Waals surface area contributed by atoms with Gasteiger partial charge in [-0.3, -0.25) is 0 Å². The number of hydrogen-bond donors (Lipinski definition) is 2. The van der Waals surface area contributed by atoms with Crippen molar-refractivity contribution in [1.29, 1.82) is 0 Å². The summed E-state index contributed by atoms with van der Waals surface area (Å²) in [5.74, 6) is 0. The summed E-state index contributed by atoms with van der Waals surface area (Å²) in [5, 5.41) is 13.6. The maximum atomic E-state index is 9.46. The van der Waals surface area contributed by atoms with Crippen molar-refractivity contribution in [3.8, 4) is 0 Å². The second kappa shape index (κ2) is 6.74. The fourth-order valence-corrected chi connectivity index (χ4v) is 2.26. The van der Waals surface area contributed by atoms with Gasteiger partial charge in [-0.2, -0.15) is 0 Å². The Morgan fingerprint density at radius 3 is 2.47 bits per heavy atom. The molecule has 0 aliphatic carbocycles. The molecule has 2 nitrogen and oxygen atoms in total. The van der Waals surface area contributed by atoms with Crippen molar-refractivity contribution in [1.82, 2.24) is 5.32 Å². The van der Waals surface area contributed by atoms with E-state index in [1.807, 2.05) is 18.2 Å². The zero-order valence-corrected chi connectivity index (χ0v) is 12.6. The van der Waals surface area contributed by atoms with Gasteiger partial charge in [0.2, 0.25) is 0 Å². The summed E-state index contributed by atoms with van der Waals surface area (Å²) in [4.78, 5) is 0. The monoisotopic (exact) mass is 319 g/mol. The maximum absolute atomic E-state index is 9.46. The average molecular weight is 321 g/mol. The van der Waals surface area contributed by atoms with Crippen molar-refractivity contribution in [3.05, 3.63) is 33.3 Å². The first-order valence-electron chi connectivity index (χ1n) is 5.86. The molecule has 0 bridgehead atoms. The van der Waals surface area contributed by atoms with E-state index in [4.69, 9.17) is 11.6 Å². The first-order valence-corrected chi connectivity index (χ1v) is 7.04. The molecule has 1 rings (SSSR count). The van der Waals surface area contributed by atoms with Gasteiger partial charge in [0.1, 0.15) is 0 Å². The summed E-state index contributed by atoms with van der Waals surface area (Å²) in [6, 6.07) is 5.87. The van der Waals surface area contributed by atoms with E-state index in [1.165, 1.54) is 0 Å². The van der Waals surface area contributed by atoms with Gasteiger partial charge in [-0.25, -0.2) is 0 Å². The van der Waals surface area contributed by atoms with Crippen LogP contribution in [0.15, 0.2) is 22.7 Å². The Bertz CT molecular complexity index is 358. The molecule has 0 spiro atoms. The second-order valence-electron chi connectivity index (χ2n) is 4.25. The lowest BCUT2D eigenvalue weighted by Crippen LogP contribution is -2.47. The van der Waals surface area contributed by atoms with E-state index in [9.17, 15) is 5.11 Å². The number of aliphatic hydroxyl groups excluding tert-OH is 1. The number of halogens is 2. The van der Waals surface area contributed by atoms with E-state index in [0.717, 1.165) is 29.4 Å². The lowest BCUT2D eigenvalue weighted by atomic mass is 9.93. The molecule has 0 atom stereocenters. The van der Waals surface area contributed by atoms with Crippen LogP contribution in [0, 0.1) is 0 Å². The molecule has 4 heteroatoms. The predicted molar refractivity (Wildman–Crippen MR) is 76.4 cm³/mol. The average Bonchev–Trinajstić information content (AvgIpc) is 2.36. The molecule has 0 aliphatic rings. The zero-order chi connectivity index (χ0) is 12.9. The van der Waals surface area contributed by atoms with Crippen molar-refractivity contribution in [2.75, 3.05) is 6.61 Å². The van der Waals surface area contributed by atoms with E-state index in [2.05, 4.69) is 35.1 Å². The molecule has 0 radical (unpaired) electrons. The van der Waals surface area contributed by atoms with Gasteiger partial charge in [0.25, 0.3) is 0 Å². The minimum Gasteiger partial charge on any atom is -0.394 e. The van der Waals surface area contributed by atoms with Crippen LogP contribution in [-0.4, -0.2) is 17.3 Å². The van der Waals surface area contributed by atoms with Gasteiger partial charge in [0.05, 0.1) is 11.6 Å². The molecule has 2 N–H and O–H groups in total. The van der Waals surface area contributed by atoms with E-state index >= 15 is 0 Å². The fraction of sp³-hybridized carbons (Fsp3) is 0.538. The predicted octanol–water partition coefficient (Wildman–Crippen LogP) is 3.74. The van der Waals surface area contributed by atoms with Crippen LogP contribution in [0.2, 0.25) is 5.02 Å². The lowest BCUT2D eigenvalue weighted by molar-refractivity contribution is 0.149. The van der Waals surface area contributed by atoms with E-state index in [-0.39, 0.29) is 12.1 Å². The third-order valence-electron chi connectivity index (χ3n) is 3.31. The Morgan fingerprint density at radius 2 is 2.00 bits per heavy atom. The molecule has 0 saturated carbocycles. The van der Waals surface area contributed by atoms with Gasteiger partial charge in [-0.05, 0) is 46.5 Å². The second-order valence-corrected chi connectivity index (χ2v) is 5.51. The molecule has 0 heterocycles. The highest BCUT2D eigenvalue weighted by atomic mass is 79.9. The van der Waals surface area contributed by atoms with Gasteiger partial charge >= 0.3 is 0 Å². The third-order valence-corrected chi connectivity index (χ3v) is 4.52. The van der Waals surface area contributed by atoms with Crippen LogP contribution in [-0.2, 0) is 6.54 Å². The Hall–Kier alpha value is -0.0900. The van der Waals surface area contributed by atoms with Gasteiger partial charge in [0, 0.05) is 16.6 Å². The highest BCUT2D eigenvalue weighted by Gasteiger charge is 2.23. The largest absolute Gasteiger partial charge is 0.394 e. The van der Waals surface area contributed by atoms with Gasteiger partial charge in [-0.1, -0.05) is 31.5 Å². The van der Waals surface area contributed by atoms with E-state index < -0.39 is 0 Å². The van der Waals surface area contributed by atoms with Crippen LogP contribution in [0.5, 0.6) is 0 Å². The highest BCUT2D eigenvalue weighted by molar-refractivity contribution is 9.10. The number of aliphatic hydroxyl groups is 1. The summed E-state index contributed by atoms with van der Waals surface area (Å²) in [6.45, 7) is 5.07. The molecule has 1 aromatic carbocycles. The van der Waals surface area contributed by atoms with Crippen LogP contribution in [0.4, 0.5) is 0 Å². The molecule has 0 amide bonds. The smallest absolute Gasteiger partial charge is 0.0613 e. The number of rotatable bonds is 6. The van der Waals surface area contributed by atoms with Crippen molar-refractivity contribution < 1.29 is 5.11 Å². The molecular formula is C13H19BrClNO. The van der Waals surface area contributed by atoms with Crippen molar-refractivity contribution >= 4 is 27.5 Å². The van der Waals surface area contributed by atoms with E-state index in [1.54, 1.807) is 0 Å². The molecule has 0 fully saturated rings. The third kappa shape index (κ3) is 3.95. The molecule has 0 aromatic heterocycles. The number of nitrogens with one attached hydrogen (secondary N) is 1. The minimum atomic E-state index is -0.174. The quantitative estimate of drug-likeness (QED) is 0.837. The van der Waals surface area contributed by atoms with E-state index in [0.29, 0.717) is 5.02 Å². The Balaban J connectivity index is 2.68. The Morgan fingerprint density at radius 1 is 1.35 bits per heavy atom. The summed E-state index contributed by atoms with van der Waals surface area (Å²) in [6.07, 6.45) is 1.82. The van der Waals surface area contributed by atoms with Crippen LogP contribution in [0.3, 0.4) is 0 Å². The Labute approximate surface area is 117 Å². The standard InChI is InChI=1S/C13H19BrClNO/c1-3-13(4-2,9-17)16-8-10-5-6-12(15)11(14)7-10/h5-7,16-17H,3-4,8-9H2,1-2H3. The maximum Gasteiger partial charge on any atom is 0.0613 e. The zero-order valence-electron chi connectivity index (χ0n) is 10.3. The topological polar surface area (TPSA) is 32.3 Å². The van der Waals surface area contributed by atoms with Gasteiger partial charge in [0.15, 0.2) is 0 Å². The highest BCUT2D eigenvalue weighted by Crippen LogP contribution is 2.24. The lowest BCUT2D eigenvalue weighted by Gasteiger charge is -2.31. The summed E-state index contributed by atoms with van der Waals surface area (Å²) in [5.41, 5.74) is 0.979. The molecule has 96 valence electrons. The first kappa shape index (κ1) is 15.0. The molecule has 1 aromatic rings. The Kier molecular flexibility index (Phi) is 5.93. The van der Waals surface area contributed by atoms with Crippen LogP contribution >= 0.6 is 27.5 Å². The van der Waals surface area contributed by atoms with Crippen LogP contribution in [0.25, 0.3) is 0 Å². The van der Waals surface area contributed by atoms with Crippen molar-refractivity contribution in [2.45, 2.75) is 38.8 Å². The SMILES string of the molecule is CCC(CC)(CO)NCc1ccc(Cl)c(Br)c1. The van der Waals surface area contributed by atoms with Crippen LogP contribution in [0.1, 0.15) is 32.3 Å². The molecule has 0 unspecified atom stereocenters. The fourth-order valence-electron chi connectivity index (χ4n) is 1.72. The first-order chi connectivity index (χ1) is 8.06. The van der Waals surface area contributed by atoms with Crippen molar-refractivity contribution in [3.63, 3.8) is 0 Å². The van der Waals surface area contributed by atoms with Gasteiger partial charge in [-0.15, -0.1) is 0 Å². The minimum absolute atomic E-state index is 0.161. The molecule has 0 aliphatic heterocycles. The van der Waals surface area contributed by atoms with Crippen LogP contribution < -0.4 is 5.32 Å². The normalized spacial score (nSPS) is 11.8.